The van der Waals surface area contributed by atoms with Crippen molar-refractivity contribution in [3.63, 3.8) is 0 Å². The van der Waals surface area contributed by atoms with E-state index in [4.69, 9.17) is 9.79 Å². The van der Waals surface area contributed by atoms with Crippen LogP contribution in [0, 0.1) is 0 Å². The maximum Gasteiger partial charge on any atom is 0.399 e. The van der Waals surface area contributed by atoms with Crippen LogP contribution in [-0.2, 0) is 26.9 Å². The Balaban J connectivity index is 1.16. The van der Waals surface area contributed by atoms with E-state index in [0.717, 1.165) is 54.8 Å². The maximum atomic E-state index is 14.2. The Labute approximate surface area is 250 Å². The minimum absolute atomic E-state index is 0.0764. The van der Waals surface area contributed by atoms with Crippen LogP contribution in [0.4, 0.5) is 8.78 Å². The summed E-state index contributed by atoms with van der Waals surface area (Å²) in [6.07, 6.45) is 5.94. The second-order valence-electron chi connectivity index (χ2n) is 11.6. The lowest BCUT2D eigenvalue weighted by molar-refractivity contribution is -0.149. The number of nitrogens with zero attached hydrogens (tertiary/aromatic N) is 4. The van der Waals surface area contributed by atoms with E-state index >= 15 is 0 Å². The van der Waals surface area contributed by atoms with Crippen molar-refractivity contribution in [2.24, 2.45) is 7.05 Å². The van der Waals surface area contributed by atoms with Crippen molar-refractivity contribution in [2.75, 3.05) is 13.1 Å². The summed E-state index contributed by atoms with van der Waals surface area (Å²) >= 11 is 1.03. The van der Waals surface area contributed by atoms with E-state index in [9.17, 15) is 27.7 Å². The van der Waals surface area contributed by atoms with E-state index in [1.54, 1.807) is 14.5 Å². The molecular weight excluding hydrogens is 603 g/mol. The number of thiophene rings is 1. The second-order valence-corrected chi connectivity index (χ2v) is 14.3. The Hall–Kier alpha value is -3.19. The van der Waals surface area contributed by atoms with E-state index < -0.39 is 36.8 Å². The van der Waals surface area contributed by atoms with Crippen LogP contribution in [0.2, 0.25) is 0 Å². The molecule has 0 aliphatic carbocycles. The van der Waals surface area contributed by atoms with Crippen molar-refractivity contribution < 1.29 is 37.5 Å². The molecule has 0 saturated carbocycles. The van der Waals surface area contributed by atoms with Gasteiger partial charge in [0.05, 0.1) is 10.6 Å². The highest BCUT2D eigenvalue weighted by Crippen LogP contribution is 2.59. The Kier molecular flexibility index (Phi) is 7.68. The Morgan fingerprint density at radius 3 is 2.53 bits per heavy atom. The van der Waals surface area contributed by atoms with Crippen molar-refractivity contribution in [1.29, 1.82) is 0 Å². The highest BCUT2D eigenvalue weighted by molar-refractivity contribution is 7.52. The molecule has 6 rings (SSSR count). The monoisotopic (exact) mass is 635 g/mol. The summed E-state index contributed by atoms with van der Waals surface area (Å²) in [4.78, 5) is 62.5. The van der Waals surface area contributed by atoms with Gasteiger partial charge in [-0.1, -0.05) is 18.9 Å². The first-order valence-corrected chi connectivity index (χ1v) is 16.7. The van der Waals surface area contributed by atoms with Gasteiger partial charge in [0.15, 0.2) is 0 Å². The summed E-state index contributed by atoms with van der Waals surface area (Å²) in [5.41, 5.74) is -4.28. The van der Waals surface area contributed by atoms with Crippen LogP contribution >= 0.6 is 18.9 Å². The molecule has 11 nitrogen and oxygen atoms in total. The summed E-state index contributed by atoms with van der Waals surface area (Å²) < 4.78 is 42.0. The average Bonchev–Trinajstić information content (AvgIpc) is 3.65. The van der Waals surface area contributed by atoms with Crippen LogP contribution in [0.15, 0.2) is 36.5 Å². The molecule has 0 radical (unpaired) electrons. The number of amides is 3. The quantitative estimate of drug-likeness (QED) is 0.352. The van der Waals surface area contributed by atoms with Crippen molar-refractivity contribution in [2.45, 2.75) is 68.2 Å². The number of aryl methyl sites for hydroxylation is 1. The summed E-state index contributed by atoms with van der Waals surface area (Å²) in [7, 11) is -3.90. The lowest BCUT2D eigenvalue weighted by Crippen LogP contribution is -2.59. The van der Waals surface area contributed by atoms with E-state index in [2.05, 4.69) is 10.4 Å². The third-order valence-corrected chi connectivity index (χ3v) is 10.8. The SMILES string of the molecule is Cn1ccc(C2CN(C(=O)[C@@H]3CC[C@@H]4CCCC[C@H](NC(=O)c5cc6cc(C(F)(F)P(=O)(O)O)ccc6s5)C(=O)N43)C2)n1. The number of fused-ring (bicyclic) bond motifs is 2. The van der Waals surface area contributed by atoms with Gasteiger partial charge in [0, 0.05) is 48.6 Å². The molecule has 1 aromatic carbocycles. The molecule has 3 aliphatic heterocycles. The normalized spacial score (nSPS) is 23.6. The Morgan fingerprint density at radius 1 is 1.09 bits per heavy atom. The molecular formula is C28H32F2N5O6PS. The maximum absolute atomic E-state index is 14.2. The van der Waals surface area contributed by atoms with Crippen LogP contribution < -0.4 is 5.32 Å². The number of carbonyl (C=O) groups is 3. The zero-order chi connectivity index (χ0) is 30.7. The molecule has 3 aromatic rings. The molecule has 3 saturated heterocycles. The van der Waals surface area contributed by atoms with Gasteiger partial charge in [-0.2, -0.15) is 13.9 Å². The van der Waals surface area contributed by atoms with Crippen LogP contribution in [0.25, 0.3) is 10.1 Å². The molecule has 5 heterocycles. The highest BCUT2D eigenvalue weighted by Gasteiger charge is 2.50. The first kappa shape index (κ1) is 29.9. The van der Waals surface area contributed by atoms with E-state index in [-0.39, 0.29) is 34.0 Å². The molecule has 3 amide bonds. The van der Waals surface area contributed by atoms with Crippen LogP contribution in [0.3, 0.4) is 0 Å². The molecule has 0 bridgehead atoms. The molecule has 3 atom stereocenters. The minimum Gasteiger partial charge on any atom is -0.340 e. The summed E-state index contributed by atoms with van der Waals surface area (Å²) in [6.45, 7) is 1.10. The number of alkyl halides is 2. The smallest absolute Gasteiger partial charge is 0.340 e. The number of nitrogens with one attached hydrogen (secondary N) is 1. The zero-order valence-electron chi connectivity index (χ0n) is 23.4. The number of aromatic nitrogens is 2. The fourth-order valence-electron chi connectivity index (χ4n) is 6.36. The lowest BCUT2D eigenvalue weighted by Gasteiger charge is -2.42. The summed E-state index contributed by atoms with van der Waals surface area (Å²) in [5, 5.41) is 7.48. The number of rotatable bonds is 6. The van der Waals surface area contributed by atoms with E-state index in [1.807, 2.05) is 19.3 Å². The van der Waals surface area contributed by atoms with Crippen molar-refractivity contribution >= 4 is 46.7 Å². The molecule has 3 fully saturated rings. The van der Waals surface area contributed by atoms with E-state index in [1.165, 1.54) is 12.1 Å². The van der Waals surface area contributed by atoms with Crippen LogP contribution in [-0.4, -0.2) is 78.3 Å². The topological polar surface area (TPSA) is 145 Å². The predicted octanol–water partition coefficient (Wildman–Crippen LogP) is 3.52. The fourth-order valence-corrected chi connectivity index (χ4v) is 7.78. The van der Waals surface area contributed by atoms with Crippen LogP contribution in [0.1, 0.15) is 65.4 Å². The highest BCUT2D eigenvalue weighted by atomic mass is 32.1. The minimum atomic E-state index is -5.74. The third-order valence-electron chi connectivity index (χ3n) is 8.72. The molecule has 0 spiro atoms. The average molecular weight is 636 g/mol. The number of hydrogen-bond acceptors (Lipinski definition) is 6. The molecule has 15 heteroatoms. The summed E-state index contributed by atoms with van der Waals surface area (Å²) in [6, 6.07) is 4.98. The van der Waals surface area contributed by atoms with Gasteiger partial charge in [-0.3, -0.25) is 23.6 Å². The predicted molar refractivity (Wildman–Crippen MR) is 154 cm³/mol. The fraction of sp³-hybridized carbons (Fsp3) is 0.500. The molecule has 3 N–H and O–H groups in total. The number of halogens is 2. The summed E-state index contributed by atoms with van der Waals surface area (Å²) in [5.74, 6) is -0.762. The standard InChI is InChI=1S/C28H32F2N5O6PS/c1-33-11-10-20(32-33)17-14-34(15-17)27(38)22-8-7-19-4-2-3-5-21(26(37)35(19)22)31-25(36)24-13-16-12-18(6-9-23(16)43-24)28(29,30)42(39,40)41/h6,9-13,17,19,21-22H,2-5,7-8,14-15H2,1H3,(H,31,36)(H2,39,40,41)/t19-,21-,22-/m0/s1. The lowest BCUT2D eigenvalue weighted by atomic mass is 9.95. The van der Waals surface area contributed by atoms with Gasteiger partial charge in [0.25, 0.3) is 5.91 Å². The first-order valence-electron chi connectivity index (χ1n) is 14.2. The number of hydrogen-bond donors (Lipinski definition) is 3. The van der Waals surface area contributed by atoms with Gasteiger partial charge < -0.3 is 24.9 Å². The molecule has 2 aromatic heterocycles. The van der Waals surface area contributed by atoms with Gasteiger partial charge >= 0.3 is 13.3 Å². The van der Waals surface area contributed by atoms with Gasteiger partial charge in [0.1, 0.15) is 12.1 Å². The number of carbonyl (C=O) groups excluding carboxylic acids is 3. The van der Waals surface area contributed by atoms with Crippen molar-refractivity contribution in [1.82, 2.24) is 24.9 Å². The van der Waals surface area contributed by atoms with Crippen molar-refractivity contribution in [3.05, 3.63) is 52.7 Å². The molecule has 3 aliphatic rings. The molecule has 230 valence electrons. The van der Waals surface area contributed by atoms with Gasteiger partial charge in [-0.25, -0.2) is 0 Å². The van der Waals surface area contributed by atoms with Crippen molar-refractivity contribution in [3.8, 4) is 0 Å². The van der Waals surface area contributed by atoms with E-state index in [0.29, 0.717) is 30.6 Å². The van der Waals surface area contributed by atoms with Gasteiger partial charge in [-0.15, -0.1) is 11.3 Å². The molecule has 0 unspecified atom stereocenters. The number of likely N-dealkylation sites (tertiary alicyclic amines) is 1. The Bertz CT molecular complexity index is 1630. The molecule has 43 heavy (non-hydrogen) atoms. The number of benzene rings is 1. The first-order chi connectivity index (χ1) is 20.3. The second kappa shape index (κ2) is 11.1. The Morgan fingerprint density at radius 2 is 1.84 bits per heavy atom. The van der Waals surface area contributed by atoms with Gasteiger partial charge in [-0.05, 0) is 55.3 Å². The zero-order valence-corrected chi connectivity index (χ0v) is 25.1. The van der Waals surface area contributed by atoms with Crippen LogP contribution in [0.5, 0.6) is 0 Å². The largest absolute Gasteiger partial charge is 0.399 e. The van der Waals surface area contributed by atoms with Gasteiger partial charge in [0.2, 0.25) is 11.8 Å². The third kappa shape index (κ3) is 5.50.